The SMILES string of the molecule is COC(=O)C(C)c1ccc2nccnc2c1. The van der Waals surface area contributed by atoms with E-state index in [1.54, 1.807) is 12.4 Å². The van der Waals surface area contributed by atoms with Gasteiger partial charge < -0.3 is 4.74 Å². The van der Waals surface area contributed by atoms with E-state index >= 15 is 0 Å². The summed E-state index contributed by atoms with van der Waals surface area (Å²) in [6, 6.07) is 5.60. The molecule has 0 saturated carbocycles. The molecule has 0 N–H and O–H groups in total. The molecule has 1 atom stereocenters. The van der Waals surface area contributed by atoms with Crippen molar-refractivity contribution in [2.45, 2.75) is 12.8 Å². The molecule has 1 aromatic carbocycles. The Bertz CT molecular complexity index is 525. The standard InChI is InChI=1S/C12H12N2O2/c1-8(12(15)16-2)9-3-4-10-11(7-9)14-6-5-13-10/h3-8H,1-2H3. The lowest BCUT2D eigenvalue weighted by molar-refractivity contribution is -0.141. The van der Waals surface area contributed by atoms with Crippen LogP contribution < -0.4 is 0 Å². The number of benzene rings is 1. The van der Waals surface area contributed by atoms with Crippen molar-refractivity contribution in [3.63, 3.8) is 0 Å². The molecule has 4 heteroatoms. The minimum absolute atomic E-state index is 0.247. The fourth-order valence-electron chi connectivity index (χ4n) is 1.56. The van der Waals surface area contributed by atoms with Crippen LogP contribution in [0.5, 0.6) is 0 Å². The van der Waals surface area contributed by atoms with Gasteiger partial charge in [0.1, 0.15) is 0 Å². The smallest absolute Gasteiger partial charge is 0.312 e. The molecule has 0 aliphatic carbocycles. The topological polar surface area (TPSA) is 52.1 Å². The van der Waals surface area contributed by atoms with Gasteiger partial charge >= 0.3 is 5.97 Å². The summed E-state index contributed by atoms with van der Waals surface area (Å²) in [6.45, 7) is 1.81. The van der Waals surface area contributed by atoms with Crippen molar-refractivity contribution in [3.05, 3.63) is 36.2 Å². The summed E-state index contributed by atoms with van der Waals surface area (Å²) in [4.78, 5) is 19.8. The van der Waals surface area contributed by atoms with Crippen LogP contribution in [0, 0.1) is 0 Å². The van der Waals surface area contributed by atoms with Crippen molar-refractivity contribution in [1.82, 2.24) is 9.97 Å². The number of fused-ring (bicyclic) bond motifs is 1. The molecule has 82 valence electrons. The first-order valence-corrected chi connectivity index (χ1v) is 5.01. The van der Waals surface area contributed by atoms with Gasteiger partial charge in [-0.3, -0.25) is 14.8 Å². The third-order valence-corrected chi connectivity index (χ3v) is 2.55. The summed E-state index contributed by atoms with van der Waals surface area (Å²) >= 11 is 0. The van der Waals surface area contributed by atoms with Gasteiger partial charge in [-0.05, 0) is 24.6 Å². The van der Waals surface area contributed by atoms with Gasteiger partial charge in [0, 0.05) is 12.4 Å². The third-order valence-electron chi connectivity index (χ3n) is 2.55. The third kappa shape index (κ3) is 1.86. The molecule has 0 spiro atoms. The lowest BCUT2D eigenvalue weighted by atomic mass is 10.0. The molecule has 0 bridgehead atoms. The lowest BCUT2D eigenvalue weighted by Gasteiger charge is -2.09. The van der Waals surface area contributed by atoms with Crippen LogP contribution in [0.2, 0.25) is 0 Å². The first kappa shape index (κ1) is 10.5. The van der Waals surface area contributed by atoms with Gasteiger partial charge in [-0.25, -0.2) is 0 Å². The summed E-state index contributed by atoms with van der Waals surface area (Å²) in [5.41, 5.74) is 2.50. The Morgan fingerprint density at radius 2 is 1.94 bits per heavy atom. The molecular weight excluding hydrogens is 204 g/mol. The highest BCUT2D eigenvalue weighted by Crippen LogP contribution is 2.20. The number of aromatic nitrogens is 2. The highest BCUT2D eigenvalue weighted by atomic mass is 16.5. The van der Waals surface area contributed by atoms with E-state index in [9.17, 15) is 4.79 Å². The van der Waals surface area contributed by atoms with E-state index in [2.05, 4.69) is 9.97 Å². The molecule has 4 nitrogen and oxygen atoms in total. The molecule has 0 fully saturated rings. The number of carbonyl (C=O) groups is 1. The molecule has 2 aromatic rings. The van der Waals surface area contributed by atoms with E-state index in [0.717, 1.165) is 16.6 Å². The van der Waals surface area contributed by atoms with Crippen molar-refractivity contribution >= 4 is 17.0 Å². The van der Waals surface area contributed by atoms with Crippen LogP contribution in [-0.4, -0.2) is 23.0 Å². The minimum atomic E-state index is -0.281. The maximum absolute atomic E-state index is 11.4. The Morgan fingerprint density at radius 1 is 1.25 bits per heavy atom. The molecule has 1 unspecified atom stereocenters. The average Bonchev–Trinajstić information content (AvgIpc) is 2.36. The molecule has 1 heterocycles. The monoisotopic (exact) mass is 216 g/mol. The van der Waals surface area contributed by atoms with Crippen molar-refractivity contribution in [3.8, 4) is 0 Å². The first-order valence-electron chi connectivity index (χ1n) is 5.01. The number of esters is 1. The molecule has 0 radical (unpaired) electrons. The lowest BCUT2D eigenvalue weighted by Crippen LogP contribution is -2.10. The van der Waals surface area contributed by atoms with E-state index in [1.807, 2.05) is 25.1 Å². The van der Waals surface area contributed by atoms with Crippen molar-refractivity contribution in [1.29, 1.82) is 0 Å². The van der Waals surface area contributed by atoms with Gasteiger partial charge in [0.15, 0.2) is 0 Å². The van der Waals surface area contributed by atoms with Crippen LogP contribution in [0.4, 0.5) is 0 Å². The Labute approximate surface area is 93.3 Å². The van der Waals surface area contributed by atoms with Gasteiger partial charge in [-0.15, -0.1) is 0 Å². The fraction of sp³-hybridized carbons (Fsp3) is 0.250. The van der Waals surface area contributed by atoms with Crippen LogP contribution in [0.15, 0.2) is 30.6 Å². The normalized spacial score (nSPS) is 12.4. The number of methoxy groups -OCH3 is 1. The van der Waals surface area contributed by atoms with E-state index in [-0.39, 0.29) is 11.9 Å². The van der Waals surface area contributed by atoms with Gasteiger partial charge in [-0.1, -0.05) is 6.07 Å². The van der Waals surface area contributed by atoms with Crippen molar-refractivity contribution in [2.24, 2.45) is 0 Å². The maximum atomic E-state index is 11.4. The van der Waals surface area contributed by atoms with Gasteiger partial charge in [0.05, 0.1) is 24.1 Å². The minimum Gasteiger partial charge on any atom is -0.469 e. The number of ether oxygens (including phenoxy) is 1. The molecule has 0 aliphatic heterocycles. The van der Waals surface area contributed by atoms with Crippen molar-refractivity contribution < 1.29 is 9.53 Å². The summed E-state index contributed by atoms with van der Waals surface area (Å²) in [7, 11) is 1.39. The van der Waals surface area contributed by atoms with Gasteiger partial charge in [0.25, 0.3) is 0 Å². The number of carbonyl (C=O) groups excluding carboxylic acids is 1. The van der Waals surface area contributed by atoms with Crippen molar-refractivity contribution in [2.75, 3.05) is 7.11 Å². The quantitative estimate of drug-likeness (QED) is 0.719. The van der Waals surface area contributed by atoms with Crippen LogP contribution in [0.1, 0.15) is 18.4 Å². The molecule has 1 aromatic heterocycles. The Kier molecular flexibility index (Phi) is 2.81. The van der Waals surface area contributed by atoms with E-state index in [4.69, 9.17) is 4.74 Å². The molecule has 0 saturated heterocycles. The average molecular weight is 216 g/mol. The number of hydrogen-bond acceptors (Lipinski definition) is 4. The maximum Gasteiger partial charge on any atom is 0.312 e. The van der Waals surface area contributed by atoms with Gasteiger partial charge in [0.2, 0.25) is 0 Å². The number of hydrogen-bond donors (Lipinski definition) is 0. The first-order chi connectivity index (χ1) is 7.72. The van der Waals surface area contributed by atoms with Crippen LogP contribution in [0.25, 0.3) is 11.0 Å². The Balaban J connectivity index is 2.43. The summed E-state index contributed by atoms with van der Waals surface area (Å²) < 4.78 is 4.70. The molecule has 0 aliphatic rings. The second-order valence-corrected chi connectivity index (χ2v) is 3.55. The summed E-state index contributed by atoms with van der Waals surface area (Å²) in [5, 5.41) is 0. The fourth-order valence-corrected chi connectivity index (χ4v) is 1.56. The zero-order valence-corrected chi connectivity index (χ0v) is 9.18. The van der Waals surface area contributed by atoms with E-state index in [1.165, 1.54) is 7.11 Å². The Hall–Kier alpha value is -1.97. The second kappa shape index (κ2) is 4.26. The predicted molar refractivity (Wildman–Crippen MR) is 60.0 cm³/mol. The number of rotatable bonds is 2. The highest BCUT2D eigenvalue weighted by Gasteiger charge is 2.15. The second-order valence-electron chi connectivity index (χ2n) is 3.55. The zero-order chi connectivity index (χ0) is 11.5. The van der Waals surface area contributed by atoms with E-state index in [0.29, 0.717) is 0 Å². The summed E-state index contributed by atoms with van der Waals surface area (Å²) in [5.74, 6) is -0.528. The Morgan fingerprint density at radius 3 is 2.62 bits per heavy atom. The molecule has 0 amide bonds. The van der Waals surface area contributed by atoms with Crippen LogP contribution in [-0.2, 0) is 9.53 Å². The van der Waals surface area contributed by atoms with Gasteiger partial charge in [-0.2, -0.15) is 0 Å². The zero-order valence-electron chi connectivity index (χ0n) is 9.18. The predicted octanol–water partition coefficient (Wildman–Crippen LogP) is 1.91. The van der Waals surface area contributed by atoms with Crippen LogP contribution in [0.3, 0.4) is 0 Å². The number of nitrogens with zero attached hydrogens (tertiary/aromatic N) is 2. The molecular formula is C12H12N2O2. The van der Waals surface area contributed by atoms with Crippen LogP contribution >= 0.6 is 0 Å². The molecule has 16 heavy (non-hydrogen) atoms. The summed E-state index contributed by atoms with van der Waals surface area (Å²) in [6.07, 6.45) is 3.28. The molecule has 2 rings (SSSR count). The van der Waals surface area contributed by atoms with E-state index < -0.39 is 0 Å². The highest BCUT2D eigenvalue weighted by molar-refractivity contribution is 5.81. The largest absolute Gasteiger partial charge is 0.469 e.